The minimum absolute atomic E-state index is 0.0699. The molecule has 1 atom stereocenters. The maximum Gasteiger partial charge on any atom is 0.160 e. The predicted molar refractivity (Wildman–Crippen MR) is 80.9 cm³/mol. The second kappa shape index (κ2) is 4.20. The number of aryl methyl sites for hydroxylation is 1. The molecule has 0 N–H and O–H groups in total. The lowest BCUT2D eigenvalue weighted by molar-refractivity contribution is 0.368. The van der Waals surface area contributed by atoms with E-state index in [1.165, 1.54) is 25.7 Å². The molecule has 2 fully saturated rings. The van der Waals surface area contributed by atoms with Crippen molar-refractivity contribution in [2.75, 3.05) is 0 Å². The summed E-state index contributed by atoms with van der Waals surface area (Å²) in [6, 6.07) is 4.09. The molecule has 2 aromatic rings. The average Bonchev–Trinajstić information content (AvgIpc) is 3.28. The number of alkyl halides is 1. The first kappa shape index (κ1) is 12.6. The summed E-state index contributed by atoms with van der Waals surface area (Å²) in [4.78, 5) is 9.43. The molecule has 106 valence electrons. The lowest BCUT2D eigenvalue weighted by Crippen LogP contribution is -2.16. The SMILES string of the molecule is Cc1ccc2nc(C(C)Cl)n(CC3(C4CC4)CC3)c2n1. The van der Waals surface area contributed by atoms with Crippen molar-refractivity contribution in [1.82, 2.24) is 14.5 Å². The number of rotatable bonds is 4. The van der Waals surface area contributed by atoms with Crippen LogP contribution in [0.15, 0.2) is 12.1 Å². The third-order valence-electron chi connectivity index (χ3n) is 4.93. The third-order valence-corrected chi connectivity index (χ3v) is 5.12. The Bertz CT molecular complexity index is 666. The first-order valence-electron chi connectivity index (χ1n) is 7.57. The summed E-state index contributed by atoms with van der Waals surface area (Å²) in [5.41, 5.74) is 3.56. The molecule has 2 aliphatic carbocycles. The molecule has 3 nitrogen and oxygen atoms in total. The summed E-state index contributed by atoms with van der Waals surface area (Å²) < 4.78 is 2.30. The van der Waals surface area contributed by atoms with Gasteiger partial charge in [-0.1, -0.05) is 0 Å². The normalized spacial score (nSPS) is 22.1. The molecule has 0 amide bonds. The molecule has 2 aromatic heterocycles. The quantitative estimate of drug-likeness (QED) is 0.789. The molecule has 0 aliphatic heterocycles. The molecule has 2 aliphatic rings. The number of pyridine rings is 1. The number of halogens is 1. The van der Waals surface area contributed by atoms with Gasteiger partial charge in [-0.3, -0.25) is 0 Å². The minimum Gasteiger partial charge on any atom is -0.311 e. The van der Waals surface area contributed by atoms with E-state index in [9.17, 15) is 0 Å². The lowest BCUT2D eigenvalue weighted by atomic mass is 10.0. The fraction of sp³-hybridized carbons (Fsp3) is 0.625. The van der Waals surface area contributed by atoms with E-state index in [2.05, 4.69) is 10.6 Å². The van der Waals surface area contributed by atoms with Crippen LogP contribution < -0.4 is 0 Å². The Morgan fingerprint density at radius 1 is 1.35 bits per heavy atom. The molecule has 0 aromatic carbocycles. The van der Waals surface area contributed by atoms with Crippen LogP contribution in [0, 0.1) is 18.3 Å². The second-order valence-electron chi connectivity index (χ2n) is 6.60. The summed E-state index contributed by atoms with van der Waals surface area (Å²) in [7, 11) is 0. The molecule has 0 spiro atoms. The van der Waals surface area contributed by atoms with Crippen LogP contribution in [0.4, 0.5) is 0 Å². The van der Waals surface area contributed by atoms with Crippen molar-refractivity contribution in [1.29, 1.82) is 0 Å². The highest BCUT2D eigenvalue weighted by molar-refractivity contribution is 6.20. The zero-order valence-electron chi connectivity index (χ0n) is 12.1. The number of aromatic nitrogens is 3. The van der Waals surface area contributed by atoms with Crippen LogP contribution in [0.25, 0.3) is 11.2 Å². The lowest BCUT2D eigenvalue weighted by Gasteiger charge is -2.18. The predicted octanol–water partition coefficient (Wildman–Crippen LogP) is 4.23. The Morgan fingerprint density at radius 3 is 2.70 bits per heavy atom. The van der Waals surface area contributed by atoms with E-state index in [0.29, 0.717) is 5.41 Å². The summed E-state index contributed by atoms with van der Waals surface area (Å²) in [5.74, 6) is 1.91. The van der Waals surface area contributed by atoms with E-state index in [0.717, 1.165) is 35.1 Å². The van der Waals surface area contributed by atoms with Crippen LogP contribution in [-0.2, 0) is 6.54 Å². The van der Waals surface area contributed by atoms with Crippen molar-refractivity contribution >= 4 is 22.8 Å². The molecule has 4 heteroatoms. The van der Waals surface area contributed by atoms with Gasteiger partial charge in [0.1, 0.15) is 11.3 Å². The molecule has 0 radical (unpaired) electrons. The molecular weight excluding hydrogens is 270 g/mol. The van der Waals surface area contributed by atoms with E-state index in [-0.39, 0.29) is 5.38 Å². The Kier molecular flexibility index (Phi) is 2.65. The molecular formula is C16H20ClN3. The van der Waals surface area contributed by atoms with Crippen molar-refractivity contribution in [2.45, 2.75) is 51.5 Å². The van der Waals surface area contributed by atoms with Gasteiger partial charge in [0.15, 0.2) is 5.65 Å². The van der Waals surface area contributed by atoms with Gasteiger partial charge in [-0.25, -0.2) is 9.97 Å². The van der Waals surface area contributed by atoms with Gasteiger partial charge >= 0.3 is 0 Å². The molecule has 0 saturated heterocycles. The van der Waals surface area contributed by atoms with Gasteiger partial charge in [-0.05, 0) is 63.0 Å². The maximum absolute atomic E-state index is 6.35. The van der Waals surface area contributed by atoms with Crippen LogP contribution in [-0.4, -0.2) is 14.5 Å². The van der Waals surface area contributed by atoms with Gasteiger partial charge in [-0.15, -0.1) is 11.6 Å². The molecule has 4 rings (SSSR count). The molecule has 2 saturated carbocycles. The highest BCUT2D eigenvalue weighted by atomic mass is 35.5. The zero-order valence-corrected chi connectivity index (χ0v) is 12.8. The van der Waals surface area contributed by atoms with E-state index < -0.39 is 0 Å². The topological polar surface area (TPSA) is 30.7 Å². The summed E-state index contributed by atoms with van der Waals surface area (Å²) in [6.45, 7) is 5.09. The highest BCUT2D eigenvalue weighted by Crippen LogP contribution is 2.62. The van der Waals surface area contributed by atoms with Crippen molar-refractivity contribution < 1.29 is 0 Å². The molecule has 1 unspecified atom stereocenters. The number of fused-ring (bicyclic) bond motifs is 1. The summed E-state index contributed by atoms with van der Waals surface area (Å²) in [5, 5.41) is -0.0699. The molecule has 0 bridgehead atoms. The zero-order chi connectivity index (χ0) is 13.9. The van der Waals surface area contributed by atoms with Gasteiger partial charge in [-0.2, -0.15) is 0 Å². The van der Waals surface area contributed by atoms with Crippen LogP contribution in [0.1, 0.15) is 49.5 Å². The van der Waals surface area contributed by atoms with Crippen LogP contribution in [0.5, 0.6) is 0 Å². The van der Waals surface area contributed by atoms with Crippen molar-refractivity contribution in [3.05, 3.63) is 23.7 Å². The standard InChI is InChI=1S/C16H20ClN3/c1-10-3-6-13-15(18-10)20(14(19-13)11(2)17)9-16(7-8-16)12-4-5-12/h3,6,11-12H,4-5,7-9H2,1-2H3. The Morgan fingerprint density at radius 2 is 2.10 bits per heavy atom. The highest BCUT2D eigenvalue weighted by Gasteiger charge is 2.54. The van der Waals surface area contributed by atoms with Gasteiger partial charge < -0.3 is 4.57 Å². The summed E-state index contributed by atoms with van der Waals surface area (Å²) >= 11 is 6.35. The fourth-order valence-corrected chi connectivity index (χ4v) is 3.61. The van der Waals surface area contributed by atoms with E-state index in [4.69, 9.17) is 21.6 Å². The van der Waals surface area contributed by atoms with Crippen LogP contribution in [0.2, 0.25) is 0 Å². The smallest absolute Gasteiger partial charge is 0.160 e. The monoisotopic (exact) mass is 289 g/mol. The van der Waals surface area contributed by atoms with Crippen LogP contribution in [0.3, 0.4) is 0 Å². The van der Waals surface area contributed by atoms with Gasteiger partial charge in [0.05, 0.1) is 5.38 Å². The minimum atomic E-state index is -0.0699. The number of hydrogen-bond acceptors (Lipinski definition) is 2. The van der Waals surface area contributed by atoms with E-state index in [1.807, 2.05) is 19.9 Å². The van der Waals surface area contributed by atoms with Crippen molar-refractivity contribution in [2.24, 2.45) is 11.3 Å². The Labute approximate surface area is 124 Å². The first-order valence-corrected chi connectivity index (χ1v) is 8.01. The van der Waals surface area contributed by atoms with Crippen molar-refractivity contribution in [3.63, 3.8) is 0 Å². The first-order chi connectivity index (χ1) is 9.59. The van der Waals surface area contributed by atoms with Crippen LogP contribution >= 0.6 is 11.6 Å². The fourth-order valence-electron chi connectivity index (χ4n) is 3.44. The number of hydrogen-bond donors (Lipinski definition) is 0. The van der Waals surface area contributed by atoms with Gasteiger partial charge in [0.2, 0.25) is 0 Å². The Hall–Kier alpha value is -1.09. The second-order valence-corrected chi connectivity index (χ2v) is 7.26. The number of imidazole rings is 1. The number of nitrogens with zero attached hydrogens (tertiary/aromatic N) is 3. The molecule has 20 heavy (non-hydrogen) atoms. The molecule has 2 heterocycles. The summed E-state index contributed by atoms with van der Waals surface area (Å²) in [6.07, 6.45) is 5.54. The average molecular weight is 290 g/mol. The van der Waals surface area contributed by atoms with E-state index in [1.54, 1.807) is 0 Å². The van der Waals surface area contributed by atoms with Crippen molar-refractivity contribution in [3.8, 4) is 0 Å². The van der Waals surface area contributed by atoms with Gasteiger partial charge in [0, 0.05) is 12.2 Å². The van der Waals surface area contributed by atoms with Gasteiger partial charge in [0.25, 0.3) is 0 Å². The largest absolute Gasteiger partial charge is 0.311 e. The Balaban J connectivity index is 1.82. The maximum atomic E-state index is 6.35. The third kappa shape index (κ3) is 1.95. The van der Waals surface area contributed by atoms with E-state index >= 15 is 0 Å².